The quantitative estimate of drug-likeness (QED) is 0.180. The Morgan fingerprint density at radius 2 is 1.04 bits per heavy atom. The Hall–Kier alpha value is -5.07. The Kier molecular flexibility index (Phi) is 7.24. The molecule has 2 heterocycles. The Bertz CT molecular complexity index is 2280. The number of hydrogen-bond acceptors (Lipinski definition) is 3. The maximum absolute atomic E-state index is 9.64. The summed E-state index contributed by atoms with van der Waals surface area (Å²) < 4.78 is 0. The molecular weight excluding hydrogens is 595 g/mol. The van der Waals surface area contributed by atoms with E-state index in [9.17, 15) is 5.26 Å². The van der Waals surface area contributed by atoms with E-state index in [0.29, 0.717) is 5.56 Å². The van der Waals surface area contributed by atoms with E-state index in [1.807, 2.05) is 12.1 Å². The zero-order chi connectivity index (χ0) is 33.1. The zero-order valence-corrected chi connectivity index (χ0v) is 28.7. The number of piperidine rings is 2. The maximum Gasteiger partial charge on any atom is 0.0991 e. The molecular formula is C46H43N3. The lowest BCUT2D eigenvalue weighted by atomic mass is 9.80. The van der Waals surface area contributed by atoms with Crippen LogP contribution in [0.4, 0.5) is 11.4 Å². The maximum atomic E-state index is 9.64. The average molecular weight is 638 g/mol. The van der Waals surface area contributed by atoms with Crippen LogP contribution in [0.25, 0.3) is 54.9 Å². The van der Waals surface area contributed by atoms with E-state index < -0.39 is 0 Å². The molecule has 0 radical (unpaired) electrons. The highest BCUT2D eigenvalue weighted by molar-refractivity contribution is 6.22. The van der Waals surface area contributed by atoms with Gasteiger partial charge in [-0.2, -0.15) is 5.26 Å². The van der Waals surface area contributed by atoms with Gasteiger partial charge in [0.05, 0.1) is 11.6 Å². The number of fused-ring (bicyclic) bond motifs is 5. The highest BCUT2D eigenvalue weighted by Gasteiger charge is 2.35. The lowest BCUT2D eigenvalue weighted by Gasteiger charge is -2.30. The van der Waals surface area contributed by atoms with Crippen molar-refractivity contribution in [1.82, 2.24) is 0 Å². The molecule has 3 nitrogen and oxygen atoms in total. The van der Waals surface area contributed by atoms with E-state index in [-0.39, 0.29) is 5.41 Å². The van der Waals surface area contributed by atoms with Gasteiger partial charge in [0, 0.05) is 43.0 Å². The Morgan fingerprint density at radius 1 is 0.510 bits per heavy atom. The lowest BCUT2D eigenvalue weighted by molar-refractivity contribution is 0.578. The third kappa shape index (κ3) is 4.92. The SMILES string of the molecule is CC1(C)c2ccccc2-c2ccc(-c3c4ccc(N5CCCCC5)cc4c(-c4ccc(C#N)cc4)c4ccc(N5CCCCC5)cc34)cc21. The summed E-state index contributed by atoms with van der Waals surface area (Å²) in [6.07, 6.45) is 7.62. The molecule has 2 fully saturated rings. The summed E-state index contributed by atoms with van der Waals surface area (Å²) >= 11 is 0. The highest BCUT2D eigenvalue weighted by atomic mass is 15.1. The van der Waals surface area contributed by atoms with Gasteiger partial charge in [-0.25, -0.2) is 0 Å². The van der Waals surface area contributed by atoms with Crippen LogP contribution < -0.4 is 9.80 Å². The van der Waals surface area contributed by atoms with E-state index in [1.165, 1.54) is 110 Å². The van der Waals surface area contributed by atoms with Gasteiger partial charge in [-0.05, 0) is 147 Å². The molecule has 0 unspecified atom stereocenters. The molecule has 2 saturated heterocycles. The van der Waals surface area contributed by atoms with Crippen molar-refractivity contribution in [1.29, 1.82) is 5.26 Å². The highest BCUT2D eigenvalue weighted by Crippen LogP contribution is 2.52. The molecule has 0 saturated carbocycles. The summed E-state index contributed by atoms with van der Waals surface area (Å²) in [5.41, 5.74) is 13.8. The number of hydrogen-bond donors (Lipinski definition) is 0. The molecule has 3 aliphatic rings. The van der Waals surface area contributed by atoms with Crippen LogP contribution in [0.1, 0.15) is 69.1 Å². The van der Waals surface area contributed by atoms with Crippen molar-refractivity contribution in [3.05, 3.63) is 120 Å². The van der Waals surface area contributed by atoms with Crippen molar-refractivity contribution < 1.29 is 0 Å². The molecule has 6 aromatic rings. The summed E-state index contributed by atoms with van der Waals surface area (Å²) in [5, 5.41) is 14.8. The van der Waals surface area contributed by atoms with Crippen LogP contribution in [0.2, 0.25) is 0 Å². The predicted octanol–water partition coefficient (Wildman–Crippen LogP) is 11.5. The van der Waals surface area contributed by atoms with Gasteiger partial charge >= 0.3 is 0 Å². The second-order valence-corrected chi connectivity index (χ2v) is 14.9. The summed E-state index contributed by atoms with van der Waals surface area (Å²) in [6.45, 7) is 9.20. The van der Waals surface area contributed by atoms with Crippen LogP contribution >= 0.6 is 0 Å². The summed E-state index contributed by atoms with van der Waals surface area (Å²) in [5.74, 6) is 0. The van der Waals surface area contributed by atoms with E-state index in [0.717, 1.165) is 31.7 Å². The molecule has 49 heavy (non-hydrogen) atoms. The van der Waals surface area contributed by atoms with Crippen LogP contribution in [0.15, 0.2) is 103 Å². The first-order valence-electron chi connectivity index (χ1n) is 18.3. The normalized spacial score (nSPS) is 16.8. The van der Waals surface area contributed by atoms with E-state index in [4.69, 9.17) is 0 Å². The Balaban J connectivity index is 1.35. The monoisotopic (exact) mass is 637 g/mol. The summed E-state index contributed by atoms with van der Waals surface area (Å²) in [4.78, 5) is 5.16. The first-order chi connectivity index (χ1) is 24.0. The van der Waals surface area contributed by atoms with Gasteiger partial charge in [-0.3, -0.25) is 0 Å². The first-order valence-corrected chi connectivity index (χ1v) is 18.3. The zero-order valence-electron chi connectivity index (χ0n) is 28.7. The van der Waals surface area contributed by atoms with Crippen molar-refractivity contribution in [2.45, 2.75) is 57.8 Å². The molecule has 242 valence electrons. The molecule has 2 aliphatic heterocycles. The number of anilines is 2. The average Bonchev–Trinajstić information content (AvgIpc) is 3.39. The van der Waals surface area contributed by atoms with Crippen molar-refractivity contribution in [3.8, 4) is 39.4 Å². The third-order valence-electron chi connectivity index (χ3n) is 11.7. The lowest BCUT2D eigenvalue weighted by Crippen LogP contribution is -2.29. The fraction of sp³-hybridized carbons (Fsp3) is 0.283. The minimum absolute atomic E-state index is 0.0731. The van der Waals surface area contributed by atoms with Crippen LogP contribution in [0, 0.1) is 11.3 Å². The van der Waals surface area contributed by atoms with Crippen LogP contribution in [-0.4, -0.2) is 26.2 Å². The first kappa shape index (κ1) is 30.0. The fourth-order valence-corrected chi connectivity index (χ4v) is 9.10. The van der Waals surface area contributed by atoms with Crippen LogP contribution in [0.3, 0.4) is 0 Å². The van der Waals surface area contributed by atoms with E-state index >= 15 is 0 Å². The molecule has 0 amide bonds. The molecule has 9 rings (SSSR count). The predicted molar refractivity (Wildman–Crippen MR) is 207 cm³/mol. The van der Waals surface area contributed by atoms with Gasteiger partial charge in [-0.1, -0.05) is 74.5 Å². The van der Waals surface area contributed by atoms with Gasteiger partial charge in [0.15, 0.2) is 0 Å². The molecule has 0 atom stereocenters. The van der Waals surface area contributed by atoms with Crippen LogP contribution in [-0.2, 0) is 5.41 Å². The van der Waals surface area contributed by atoms with Gasteiger partial charge in [0.2, 0.25) is 0 Å². The molecule has 1 aliphatic carbocycles. The molecule has 0 aromatic heterocycles. The van der Waals surface area contributed by atoms with Crippen LogP contribution in [0.5, 0.6) is 0 Å². The van der Waals surface area contributed by atoms with E-state index in [2.05, 4.69) is 121 Å². The molecule has 0 N–H and O–H groups in total. The largest absolute Gasteiger partial charge is 0.372 e. The number of nitrogens with zero attached hydrogens (tertiary/aromatic N) is 3. The fourth-order valence-electron chi connectivity index (χ4n) is 9.10. The standard InChI is InChI=1S/C46H43N3/c1-46(2)42-12-6-5-11-36(42)37-20-17-33(27-43(37)46)45-39-22-19-34(48-23-7-3-8-24-48)28-40(39)44(32-15-13-31(30-47)14-16-32)38-21-18-35(29-41(38)45)49-25-9-4-10-26-49/h5-6,11-22,27-29H,3-4,7-10,23-26H2,1-2H3. The number of nitriles is 1. The minimum atomic E-state index is -0.0731. The molecule has 3 heteroatoms. The molecule has 6 aromatic carbocycles. The van der Waals surface area contributed by atoms with Gasteiger partial charge in [0.1, 0.15) is 0 Å². The summed E-state index contributed by atoms with van der Waals surface area (Å²) in [6, 6.07) is 41.2. The number of rotatable bonds is 4. The van der Waals surface area contributed by atoms with E-state index in [1.54, 1.807) is 0 Å². The Morgan fingerprint density at radius 3 is 1.63 bits per heavy atom. The topological polar surface area (TPSA) is 30.3 Å². The van der Waals surface area contributed by atoms with Crippen molar-refractivity contribution in [2.75, 3.05) is 36.0 Å². The summed E-state index contributed by atoms with van der Waals surface area (Å²) in [7, 11) is 0. The van der Waals surface area contributed by atoms with Crippen molar-refractivity contribution >= 4 is 32.9 Å². The van der Waals surface area contributed by atoms with Crippen molar-refractivity contribution in [2.24, 2.45) is 0 Å². The minimum Gasteiger partial charge on any atom is -0.372 e. The number of benzene rings is 6. The second-order valence-electron chi connectivity index (χ2n) is 14.9. The van der Waals surface area contributed by atoms with Gasteiger partial charge in [-0.15, -0.1) is 0 Å². The van der Waals surface area contributed by atoms with Gasteiger partial charge < -0.3 is 9.80 Å². The molecule has 0 spiro atoms. The smallest absolute Gasteiger partial charge is 0.0991 e. The second kappa shape index (κ2) is 11.8. The third-order valence-corrected chi connectivity index (χ3v) is 11.7. The van der Waals surface area contributed by atoms with Gasteiger partial charge in [0.25, 0.3) is 0 Å². The Labute approximate surface area is 290 Å². The van der Waals surface area contributed by atoms with Crippen molar-refractivity contribution in [3.63, 3.8) is 0 Å². The molecule has 0 bridgehead atoms.